The first-order chi connectivity index (χ1) is 8.79. The van der Waals surface area contributed by atoms with Crippen molar-refractivity contribution in [3.63, 3.8) is 0 Å². The Balaban J connectivity index is 2.02. The first kappa shape index (κ1) is 13.0. The van der Waals surface area contributed by atoms with Gasteiger partial charge in [-0.3, -0.25) is 16.3 Å². The maximum Gasteiger partial charge on any atom is 0.0463 e. The molecule has 0 amide bonds. The standard InChI is InChI=1S/C14H16ClN3/c15-13-3-1-2-12(10-13)14(18-16)5-4-11-6-8-17-9-7-11/h1-3,6-10,14,18H,4-5,16H2. The highest BCUT2D eigenvalue weighted by Gasteiger charge is 2.09. The van der Waals surface area contributed by atoms with Gasteiger partial charge in [-0.05, 0) is 48.2 Å². The van der Waals surface area contributed by atoms with E-state index in [-0.39, 0.29) is 6.04 Å². The van der Waals surface area contributed by atoms with Crippen molar-refractivity contribution >= 4 is 11.6 Å². The van der Waals surface area contributed by atoms with Crippen molar-refractivity contribution in [1.29, 1.82) is 0 Å². The fourth-order valence-electron chi connectivity index (χ4n) is 1.93. The second kappa shape index (κ2) is 6.50. The van der Waals surface area contributed by atoms with E-state index in [1.807, 2.05) is 36.4 Å². The third-order valence-electron chi connectivity index (χ3n) is 2.92. The van der Waals surface area contributed by atoms with E-state index in [0.29, 0.717) is 0 Å². The van der Waals surface area contributed by atoms with Gasteiger partial charge < -0.3 is 0 Å². The molecule has 0 aliphatic carbocycles. The molecular formula is C14H16ClN3. The van der Waals surface area contributed by atoms with Crippen LogP contribution >= 0.6 is 11.6 Å². The normalized spacial score (nSPS) is 12.3. The number of hydrazine groups is 1. The molecule has 1 heterocycles. The number of nitrogens with zero attached hydrogens (tertiary/aromatic N) is 1. The highest BCUT2D eigenvalue weighted by molar-refractivity contribution is 6.30. The smallest absolute Gasteiger partial charge is 0.0463 e. The van der Waals surface area contributed by atoms with Crippen LogP contribution in [0.25, 0.3) is 0 Å². The lowest BCUT2D eigenvalue weighted by molar-refractivity contribution is 0.516. The highest BCUT2D eigenvalue weighted by Crippen LogP contribution is 2.21. The molecule has 1 aromatic carbocycles. The summed E-state index contributed by atoms with van der Waals surface area (Å²) in [5.74, 6) is 5.61. The van der Waals surface area contributed by atoms with Gasteiger partial charge in [0.1, 0.15) is 0 Å². The fourth-order valence-corrected chi connectivity index (χ4v) is 2.13. The Morgan fingerprint density at radius 3 is 2.67 bits per heavy atom. The first-order valence-electron chi connectivity index (χ1n) is 5.90. The molecule has 3 N–H and O–H groups in total. The summed E-state index contributed by atoms with van der Waals surface area (Å²) in [6.07, 6.45) is 5.48. The minimum Gasteiger partial charge on any atom is -0.271 e. The first-order valence-corrected chi connectivity index (χ1v) is 6.28. The third-order valence-corrected chi connectivity index (χ3v) is 3.16. The number of hydrogen-bond donors (Lipinski definition) is 2. The Hall–Kier alpha value is -1.42. The zero-order chi connectivity index (χ0) is 12.8. The van der Waals surface area contributed by atoms with Gasteiger partial charge in [-0.1, -0.05) is 23.7 Å². The number of rotatable bonds is 5. The quantitative estimate of drug-likeness (QED) is 0.643. The van der Waals surface area contributed by atoms with Gasteiger partial charge in [-0.2, -0.15) is 0 Å². The van der Waals surface area contributed by atoms with E-state index in [2.05, 4.69) is 10.4 Å². The molecule has 0 saturated carbocycles. The molecule has 0 aliphatic heterocycles. The van der Waals surface area contributed by atoms with Gasteiger partial charge in [0.25, 0.3) is 0 Å². The van der Waals surface area contributed by atoms with Crippen molar-refractivity contribution in [2.75, 3.05) is 0 Å². The number of aromatic nitrogens is 1. The molecule has 0 bridgehead atoms. The van der Waals surface area contributed by atoms with Crippen LogP contribution in [0.2, 0.25) is 5.02 Å². The number of nitrogens with two attached hydrogens (primary N) is 1. The van der Waals surface area contributed by atoms with E-state index >= 15 is 0 Å². The molecular weight excluding hydrogens is 246 g/mol. The van der Waals surface area contributed by atoms with Crippen molar-refractivity contribution in [2.45, 2.75) is 18.9 Å². The summed E-state index contributed by atoms with van der Waals surface area (Å²) in [6, 6.07) is 11.9. The molecule has 0 radical (unpaired) electrons. The Labute approximate surface area is 112 Å². The number of benzene rings is 1. The molecule has 0 saturated heterocycles. The zero-order valence-electron chi connectivity index (χ0n) is 10.0. The summed E-state index contributed by atoms with van der Waals surface area (Å²) >= 11 is 5.99. The maximum atomic E-state index is 5.99. The Kier molecular flexibility index (Phi) is 4.70. The second-order valence-electron chi connectivity index (χ2n) is 4.17. The van der Waals surface area contributed by atoms with E-state index in [0.717, 1.165) is 23.4 Å². The van der Waals surface area contributed by atoms with Gasteiger partial charge in [0, 0.05) is 23.5 Å². The molecule has 0 spiro atoms. The summed E-state index contributed by atoms with van der Waals surface area (Å²) < 4.78 is 0. The van der Waals surface area contributed by atoms with Crippen molar-refractivity contribution in [2.24, 2.45) is 5.84 Å². The maximum absolute atomic E-state index is 5.99. The average molecular weight is 262 g/mol. The number of hydrogen-bond acceptors (Lipinski definition) is 3. The molecule has 3 nitrogen and oxygen atoms in total. The lowest BCUT2D eigenvalue weighted by Crippen LogP contribution is -2.28. The number of halogens is 1. The Bertz CT molecular complexity index is 487. The molecule has 0 aliphatic rings. The van der Waals surface area contributed by atoms with Crippen LogP contribution in [0.1, 0.15) is 23.6 Å². The molecule has 2 aromatic rings. The van der Waals surface area contributed by atoms with Gasteiger partial charge in [-0.15, -0.1) is 0 Å². The summed E-state index contributed by atoms with van der Waals surface area (Å²) in [6.45, 7) is 0. The lowest BCUT2D eigenvalue weighted by atomic mass is 10.00. The van der Waals surface area contributed by atoms with Crippen molar-refractivity contribution in [3.05, 3.63) is 64.9 Å². The summed E-state index contributed by atoms with van der Waals surface area (Å²) in [7, 11) is 0. The van der Waals surface area contributed by atoms with Crippen LogP contribution in [0.5, 0.6) is 0 Å². The van der Waals surface area contributed by atoms with Gasteiger partial charge in [-0.25, -0.2) is 0 Å². The Morgan fingerprint density at radius 2 is 2.00 bits per heavy atom. The lowest BCUT2D eigenvalue weighted by Gasteiger charge is -2.16. The second-order valence-corrected chi connectivity index (χ2v) is 4.60. The van der Waals surface area contributed by atoms with E-state index in [9.17, 15) is 0 Å². The number of aryl methyl sites for hydroxylation is 1. The van der Waals surface area contributed by atoms with E-state index in [4.69, 9.17) is 17.4 Å². The molecule has 4 heteroatoms. The van der Waals surface area contributed by atoms with Gasteiger partial charge >= 0.3 is 0 Å². The van der Waals surface area contributed by atoms with Crippen LogP contribution < -0.4 is 11.3 Å². The minimum absolute atomic E-state index is 0.108. The Morgan fingerprint density at radius 1 is 1.22 bits per heavy atom. The molecule has 18 heavy (non-hydrogen) atoms. The summed E-state index contributed by atoms with van der Waals surface area (Å²) in [4.78, 5) is 4.00. The van der Waals surface area contributed by atoms with Gasteiger partial charge in [0.15, 0.2) is 0 Å². The molecule has 0 fully saturated rings. The van der Waals surface area contributed by atoms with Crippen molar-refractivity contribution in [3.8, 4) is 0 Å². The van der Waals surface area contributed by atoms with Crippen LogP contribution in [-0.4, -0.2) is 4.98 Å². The average Bonchev–Trinajstić information content (AvgIpc) is 2.41. The van der Waals surface area contributed by atoms with Crippen LogP contribution in [-0.2, 0) is 6.42 Å². The van der Waals surface area contributed by atoms with E-state index in [1.54, 1.807) is 12.4 Å². The van der Waals surface area contributed by atoms with Crippen LogP contribution in [0.4, 0.5) is 0 Å². The SMILES string of the molecule is NNC(CCc1ccncc1)c1cccc(Cl)c1. The van der Waals surface area contributed by atoms with E-state index in [1.165, 1.54) is 5.56 Å². The van der Waals surface area contributed by atoms with Crippen molar-refractivity contribution < 1.29 is 0 Å². The molecule has 1 atom stereocenters. The molecule has 1 unspecified atom stereocenters. The molecule has 94 valence electrons. The predicted molar refractivity (Wildman–Crippen MR) is 74.1 cm³/mol. The number of pyridine rings is 1. The third kappa shape index (κ3) is 3.53. The monoisotopic (exact) mass is 261 g/mol. The van der Waals surface area contributed by atoms with E-state index < -0.39 is 0 Å². The molecule has 1 aromatic heterocycles. The summed E-state index contributed by atoms with van der Waals surface area (Å²) in [5, 5.41) is 0.733. The summed E-state index contributed by atoms with van der Waals surface area (Å²) in [5.41, 5.74) is 5.21. The fraction of sp³-hybridized carbons (Fsp3) is 0.214. The van der Waals surface area contributed by atoms with Gasteiger partial charge in [0.05, 0.1) is 0 Å². The van der Waals surface area contributed by atoms with Crippen molar-refractivity contribution in [1.82, 2.24) is 10.4 Å². The zero-order valence-corrected chi connectivity index (χ0v) is 10.8. The number of nitrogens with one attached hydrogen (secondary N) is 1. The van der Waals surface area contributed by atoms with Gasteiger partial charge in [0.2, 0.25) is 0 Å². The highest BCUT2D eigenvalue weighted by atomic mass is 35.5. The van der Waals surface area contributed by atoms with Crippen LogP contribution in [0.15, 0.2) is 48.8 Å². The minimum atomic E-state index is 0.108. The van der Waals surface area contributed by atoms with Crippen LogP contribution in [0.3, 0.4) is 0 Å². The van der Waals surface area contributed by atoms with Crippen LogP contribution in [0, 0.1) is 0 Å². The largest absolute Gasteiger partial charge is 0.271 e. The predicted octanol–water partition coefficient (Wildman–Crippen LogP) is 2.87. The topological polar surface area (TPSA) is 50.9 Å². The molecule has 2 rings (SSSR count).